The third-order valence-electron chi connectivity index (χ3n) is 4.58. The molecule has 1 aromatic rings. The highest BCUT2D eigenvalue weighted by molar-refractivity contribution is 9.10. The van der Waals surface area contributed by atoms with Gasteiger partial charge >= 0.3 is 0 Å². The van der Waals surface area contributed by atoms with Crippen LogP contribution in [0.4, 0.5) is 0 Å². The van der Waals surface area contributed by atoms with E-state index < -0.39 is 0 Å². The summed E-state index contributed by atoms with van der Waals surface area (Å²) in [4.78, 5) is 16.9. The zero-order chi connectivity index (χ0) is 15.4. The maximum Gasteiger partial charge on any atom is 0.225 e. The summed E-state index contributed by atoms with van der Waals surface area (Å²) in [5, 5.41) is 0. The Hall–Kier alpha value is -0.910. The van der Waals surface area contributed by atoms with Crippen molar-refractivity contribution in [3.8, 4) is 0 Å². The van der Waals surface area contributed by atoms with Crippen LogP contribution in [0.2, 0.25) is 0 Å². The second kappa shape index (κ2) is 7.57. The number of amides is 1. The first-order chi connectivity index (χ1) is 10.7. The van der Waals surface area contributed by atoms with Crippen LogP contribution in [0.25, 0.3) is 0 Å². The number of piperidine rings is 1. The molecule has 0 spiro atoms. The van der Waals surface area contributed by atoms with E-state index >= 15 is 0 Å². The molecule has 1 aromatic carbocycles. The van der Waals surface area contributed by atoms with Crippen LogP contribution in [0, 0.1) is 5.92 Å². The van der Waals surface area contributed by atoms with Crippen molar-refractivity contribution < 1.29 is 9.53 Å². The van der Waals surface area contributed by atoms with Gasteiger partial charge in [0, 0.05) is 30.0 Å². The Morgan fingerprint density at radius 1 is 1.09 bits per heavy atom. The molecule has 5 heteroatoms. The van der Waals surface area contributed by atoms with E-state index in [4.69, 9.17) is 4.74 Å². The van der Waals surface area contributed by atoms with Gasteiger partial charge in [-0.25, -0.2) is 0 Å². The lowest BCUT2D eigenvalue weighted by molar-refractivity contribution is -0.141. The Kier molecular flexibility index (Phi) is 5.50. The molecule has 0 saturated carbocycles. The highest BCUT2D eigenvalue weighted by Crippen LogP contribution is 2.22. The van der Waals surface area contributed by atoms with E-state index in [0.717, 1.165) is 50.0 Å². The molecule has 2 fully saturated rings. The number of carbonyl (C=O) groups is 1. The number of carbonyl (C=O) groups excluding carboxylic acids is 1. The predicted octanol–water partition coefficient (Wildman–Crippen LogP) is 2.52. The Morgan fingerprint density at radius 3 is 2.36 bits per heavy atom. The molecule has 120 valence electrons. The summed E-state index contributed by atoms with van der Waals surface area (Å²) in [6.45, 7) is 5.90. The average molecular weight is 367 g/mol. The van der Waals surface area contributed by atoms with E-state index in [1.807, 2.05) is 4.90 Å². The first kappa shape index (κ1) is 16.0. The van der Waals surface area contributed by atoms with Crippen LogP contribution < -0.4 is 0 Å². The fraction of sp³-hybridized carbons (Fsp3) is 0.588. The number of nitrogens with zero attached hydrogens (tertiary/aromatic N) is 2. The lowest BCUT2D eigenvalue weighted by atomic mass is 9.94. The summed E-state index contributed by atoms with van der Waals surface area (Å²) in [5.74, 6) is 0.547. The Bertz CT molecular complexity index is 492. The molecule has 0 atom stereocenters. The topological polar surface area (TPSA) is 32.8 Å². The number of morpholine rings is 1. The summed E-state index contributed by atoms with van der Waals surface area (Å²) in [6.07, 6.45) is 1.96. The third kappa shape index (κ3) is 4.09. The van der Waals surface area contributed by atoms with Crippen LogP contribution in [0.5, 0.6) is 0 Å². The smallest absolute Gasteiger partial charge is 0.225 e. The van der Waals surface area contributed by atoms with Gasteiger partial charge in [-0.3, -0.25) is 9.69 Å². The monoisotopic (exact) mass is 366 g/mol. The average Bonchev–Trinajstić information content (AvgIpc) is 2.58. The fourth-order valence-electron chi connectivity index (χ4n) is 3.23. The molecule has 0 aliphatic carbocycles. The van der Waals surface area contributed by atoms with Crippen molar-refractivity contribution in [3.63, 3.8) is 0 Å². The van der Waals surface area contributed by atoms with Crippen molar-refractivity contribution in [2.75, 3.05) is 39.4 Å². The molecule has 4 nitrogen and oxygen atoms in total. The number of ether oxygens (including phenoxy) is 1. The number of likely N-dealkylation sites (tertiary alicyclic amines) is 1. The Morgan fingerprint density at radius 2 is 1.73 bits per heavy atom. The van der Waals surface area contributed by atoms with E-state index in [1.165, 1.54) is 5.56 Å². The minimum atomic E-state index is 0.208. The van der Waals surface area contributed by atoms with Crippen molar-refractivity contribution in [2.45, 2.75) is 19.4 Å². The Balaban J connectivity index is 1.47. The molecule has 0 N–H and O–H groups in total. The summed E-state index contributed by atoms with van der Waals surface area (Å²) in [6, 6.07) is 8.50. The van der Waals surface area contributed by atoms with Crippen LogP contribution in [-0.4, -0.2) is 55.1 Å². The van der Waals surface area contributed by atoms with Gasteiger partial charge in [0.25, 0.3) is 0 Å². The quantitative estimate of drug-likeness (QED) is 0.823. The molecule has 3 rings (SSSR count). The van der Waals surface area contributed by atoms with Crippen molar-refractivity contribution in [1.82, 2.24) is 9.80 Å². The van der Waals surface area contributed by atoms with Gasteiger partial charge < -0.3 is 9.64 Å². The molecule has 2 saturated heterocycles. The van der Waals surface area contributed by atoms with Crippen molar-refractivity contribution >= 4 is 21.8 Å². The van der Waals surface area contributed by atoms with Gasteiger partial charge in [-0.1, -0.05) is 28.1 Å². The highest BCUT2D eigenvalue weighted by Gasteiger charge is 2.29. The summed E-state index contributed by atoms with van der Waals surface area (Å²) >= 11 is 3.47. The molecular weight excluding hydrogens is 344 g/mol. The standard InChI is InChI=1S/C17H23BrN2O2/c18-16-3-1-14(2-4-16)13-19-7-5-15(6-8-19)17(21)20-9-11-22-12-10-20/h1-4,15H,5-13H2. The van der Waals surface area contributed by atoms with Crippen LogP contribution in [0.1, 0.15) is 18.4 Å². The third-order valence-corrected chi connectivity index (χ3v) is 5.11. The lowest BCUT2D eigenvalue weighted by Crippen LogP contribution is -2.46. The van der Waals surface area contributed by atoms with Gasteiger partial charge in [0.1, 0.15) is 0 Å². The predicted molar refractivity (Wildman–Crippen MR) is 89.5 cm³/mol. The largest absolute Gasteiger partial charge is 0.378 e. The first-order valence-electron chi connectivity index (χ1n) is 8.06. The van der Waals surface area contributed by atoms with E-state index in [-0.39, 0.29) is 5.92 Å². The van der Waals surface area contributed by atoms with Gasteiger partial charge in [0.2, 0.25) is 5.91 Å². The molecule has 2 aliphatic rings. The van der Waals surface area contributed by atoms with E-state index in [9.17, 15) is 4.79 Å². The van der Waals surface area contributed by atoms with Gasteiger partial charge in [-0.15, -0.1) is 0 Å². The lowest BCUT2D eigenvalue weighted by Gasteiger charge is -2.35. The maximum absolute atomic E-state index is 12.5. The molecule has 2 aliphatic heterocycles. The second-order valence-electron chi connectivity index (χ2n) is 6.11. The number of hydrogen-bond donors (Lipinski definition) is 0. The maximum atomic E-state index is 12.5. The summed E-state index contributed by atoms with van der Waals surface area (Å²) in [7, 11) is 0. The van der Waals surface area contributed by atoms with Crippen LogP contribution in [0.15, 0.2) is 28.7 Å². The number of benzene rings is 1. The molecule has 0 bridgehead atoms. The van der Waals surface area contributed by atoms with Crippen molar-refractivity contribution in [3.05, 3.63) is 34.3 Å². The minimum Gasteiger partial charge on any atom is -0.378 e. The van der Waals surface area contributed by atoms with Gasteiger partial charge in [-0.05, 0) is 43.6 Å². The molecule has 0 unspecified atom stereocenters. The highest BCUT2D eigenvalue weighted by atomic mass is 79.9. The van der Waals surface area contributed by atoms with Crippen molar-refractivity contribution in [2.24, 2.45) is 5.92 Å². The molecule has 0 aromatic heterocycles. The van der Waals surface area contributed by atoms with Crippen LogP contribution in [-0.2, 0) is 16.1 Å². The van der Waals surface area contributed by atoms with Crippen molar-refractivity contribution in [1.29, 1.82) is 0 Å². The van der Waals surface area contributed by atoms with E-state index in [2.05, 4.69) is 45.1 Å². The number of hydrogen-bond acceptors (Lipinski definition) is 3. The molecule has 2 heterocycles. The zero-order valence-electron chi connectivity index (χ0n) is 12.8. The van der Waals surface area contributed by atoms with E-state index in [0.29, 0.717) is 19.1 Å². The minimum absolute atomic E-state index is 0.208. The number of halogens is 1. The first-order valence-corrected chi connectivity index (χ1v) is 8.85. The van der Waals surface area contributed by atoms with Gasteiger partial charge in [0.15, 0.2) is 0 Å². The van der Waals surface area contributed by atoms with Gasteiger partial charge in [0.05, 0.1) is 13.2 Å². The molecule has 0 radical (unpaired) electrons. The zero-order valence-corrected chi connectivity index (χ0v) is 14.4. The number of rotatable bonds is 3. The molecular formula is C17H23BrN2O2. The van der Waals surface area contributed by atoms with Crippen LogP contribution >= 0.6 is 15.9 Å². The Labute approximate surface area is 140 Å². The van der Waals surface area contributed by atoms with E-state index in [1.54, 1.807) is 0 Å². The van der Waals surface area contributed by atoms with Gasteiger partial charge in [-0.2, -0.15) is 0 Å². The second-order valence-corrected chi connectivity index (χ2v) is 7.03. The summed E-state index contributed by atoms with van der Waals surface area (Å²) in [5.41, 5.74) is 1.33. The summed E-state index contributed by atoms with van der Waals surface area (Å²) < 4.78 is 6.44. The van der Waals surface area contributed by atoms with Crippen LogP contribution in [0.3, 0.4) is 0 Å². The SMILES string of the molecule is O=C(C1CCN(Cc2ccc(Br)cc2)CC1)N1CCOCC1. The molecule has 22 heavy (non-hydrogen) atoms. The fourth-order valence-corrected chi connectivity index (χ4v) is 3.49. The normalized spacial score (nSPS) is 21.0. The molecule has 1 amide bonds.